The van der Waals surface area contributed by atoms with Crippen molar-refractivity contribution in [3.8, 4) is 0 Å². The molecule has 0 aliphatic heterocycles. The van der Waals surface area contributed by atoms with Crippen LogP contribution in [-0.4, -0.2) is 8.07 Å². The van der Waals surface area contributed by atoms with Gasteiger partial charge in [-0.25, -0.2) is 0 Å². The Labute approximate surface area is 332 Å². The number of hydrogen-bond donors (Lipinski definition) is 0. The zero-order valence-corrected chi connectivity index (χ0v) is 35.8. The molecule has 0 aromatic heterocycles. The molecule has 0 saturated carbocycles. The molecule has 0 heterocycles. The van der Waals surface area contributed by atoms with Crippen LogP contribution in [0.25, 0.3) is 0 Å². The summed E-state index contributed by atoms with van der Waals surface area (Å²) in [6.45, 7) is 23.9. The van der Waals surface area contributed by atoms with Crippen molar-refractivity contribution in [1.29, 1.82) is 0 Å². The van der Waals surface area contributed by atoms with Crippen molar-refractivity contribution in [1.82, 2.24) is 0 Å². The molecule has 1 heteroatoms. The van der Waals surface area contributed by atoms with E-state index >= 15 is 0 Å². The summed E-state index contributed by atoms with van der Waals surface area (Å²) in [5.74, 6) is 0. The van der Waals surface area contributed by atoms with Crippen LogP contribution in [0.5, 0.6) is 0 Å². The van der Waals surface area contributed by atoms with E-state index < -0.39 is 8.07 Å². The van der Waals surface area contributed by atoms with Crippen LogP contribution in [0.2, 0.25) is 5.04 Å². The van der Waals surface area contributed by atoms with Gasteiger partial charge < -0.3 is 0 Å². The molecule has 0 amide bonds. The topological polar surface area (TPSA) is 0 Å². The van der Waals surface area contributed by atoms with Gasteiger partial charge in [-0.1, -0.05) is 152 Å². The molecule has 1 aliphatic carbocycles. The molecular weight excluding hydrogens is 677 g/mol. The smallest absolute Gasteiger partial charge is 0.0730 e. The summed E-state index contributed by atoms with van der Waals surface area (Å²) in [5, 5.41) is 4.32. The molecule has 7 rings (SSSR count). The Morgan fingerprint density at radius 2 is 0.673 bits per heavy atom. The molecule has 55 heavy (non-hydrogen) atoms. The lowest BCUT2D eigenvalue weighted by Gasteiger charge is -2.48. The van der Waals surface area contributed by atoms with Gasteiger partial charge in [-0.15, -0.1) is 0 Å². The fourth-order valence-corrected chi connectivity index (χ4v) is 16.6. The zero-order chi connectivity index (χ0) is 39.1. The molecule has 0 spiro atoms. The molecular formula is C54H58Si. The first-order valence-corrected chi connectivity index (χ1v) is 22.1. The maximum absolute atomic E-state index is 2.93. The first kappa shape index (κ1) is 38.3. The molecule has 1 atom stereocenters. The van der Waals surface area contributed by atoms with Crippen molar-refractivity contribution in [3.63, 3.8) is 0 Å². The molecule has 6 aromatic carbocycles. The SMILES string of the molecule is CC1=CC(C)([Si](c2cc(C)c(Cc3ccccc3)c(C)c2)(c2cc(C)c(Cc3ccccc3)c(C)c2)c2cc(C)c(Cc3ccccc3)c(C)c2)C(C)=C1C. The van der Waals surface area contributed by atoms with Gasteiger partial charge in [0.2, 0.25) is 0 Å². The predicted octanol–water partition coefficient (Wildman–Crippen LogP) is 11.8. The minimum absolute atomic E-state index is 0.194. The van der Waals surface area contributed by atoms with Gasteiger partial charge >= 0.3 is 0 Å². The maximum atomic E-state index is 2.66. The van der Waals surface area contributed by atoms with Gasteiger partial charge in [0.15, 0.2) is 8.07 Å². The summed E-state index contributed by atoms with van der Waals surface area (Å²) >= 11 is 0. The zero-order valence-electron chi connectivity index (χ0n) is 34.8. The molecule has 278 valence electrons. The standard InChI is InChI=1S/C54H58Si/c1-36-26-48(27-37(2)51(36)32-45-20-14-11-15-21-45)55(54(10)35-42(7)43(8)44(54)9,49-28-38(3)52(39(4)29-49)33-46-22-16-12-17-23-46)50-30-40(5)53(41(6)31-50)34-47-24-18-13-19-25-47/h11-31,35H,32-34H2,1-10H3. The average molecular weight is 735 g/mol. The average Bonchev–Trinajstić information content (AvgIpc) is 3.36. The number of benzene rings is 6. The van der Waals surface area contributed by atoms with Gasteiger partial charge in [-0.2, -0.15) is 0 Å². The van der Waals surface area contributed by atoms with Crippen LogP contribution in [-0.2, 0) is 19.3 Å². The van der Waals surface area contributed by atoms with Crippen LogP contribution in [0.15, 0.2) is 150 Å². The van der Waals surface area contributed by atoms with Gasteiger partial charge in [0.1, 0.15) is 0 Å². The van der Waals surface area contributed by atoms with E-state index in [0.717, 1.165) is 19.3 Å². The lowest BCUT2D eigenvalue weighted by molar-refractivity contribution is 0.869. The van der Waals surface area contributed by atoms with Crippen LogP contribution in [0.4, 0.5) is 0 Å². The normalized spacial score (nSPS) is 15.8. The first-order chi connectivity index (χ1) is 26.3. The second-order valence-electron chi connectivity index (χ2n) is 16.8. The van der Waals surface area contributed by atoms with Crippen molar-refractivity contribution < 1.29 is 0 Å². The fourth-order valence-electron chi connectivity index (χ4n) is 9.99. The molecule has 0 bridgehead atoms. The monoisotopic (exact) mass is 734 g/mol. The minimum Gasteiger partial charge on any atom is -0.0730 e. The van der Waals surface area contributed by atoms with Gasteiger partial charge in [0, 0.05) is 5.04 Å². The summed E-state index contributed by atoms with van der Waals surface area (Å²) < 4.78 is 0. The third-order valence-corrected chi connectivity index (χ3v) is 18.8. The number of allylic oxidation sites excluding steroid dienone is 4. The fraction of sp³-hybridized carbons (Fsp3) is 0.259. The quantitative estimate of drug-likeness (QED) is 0.0971. The Morgan fingerprint density at radius 3 is 0.909 bits per heavy atom. The van der Waals surface area contributed by atoms with Crippen LogP contribution < -0.4 is 15.6 Å². The van der Waals surface area contributed by atoms with E-state index in [4.69, 9.17) is 0 Å². The minimum atomic E-state index is -2.93. The van der Waals surface area contributed by atoms with Gasteiger partial charge in [-0.3, -0.25) is 0 Å². The summed E-state index contributed by atoms with van der Waals surface area (Å²) in [4.78, 5) is 0. The maximum Gasteiger partial charge on any atom is 0.161 e. The van der Waals surface area contributed by atoms with Crippen LogP contribution in [0, 0.1) is 41.5 Å². The second kappa shape index (κ2) is 15.3. The van der Waals surface area contributed by atoms with Crippen LogP contribution in [0.1, 0.15) is 94.5 Å². The predicted molar refractivity (Wildman–Crippen MR) is 241 cm³/mol. The van der Waals surface area contributed by atoms with Gasteiger partial charge in [-0.05, 0) is 169 Å². The molecule has 0 saturated heterocycles. The lowest BCUT2D eigenvalue weighted by atomic mass is 9.96. The van der Waals surface area contributed by atoms with Crippen molar-refractivity contribution in [2.24, 2.45) is 0 Å². The number of rotatable bonds is 10. The van der Waals surface area contributed by atoms with Crippen LogP contribution in [0.3, 0.4) is 0 Å². The van der Waals surface area contributed by atoms with E-state index in [0.29, 0.717) is 0 Å². The van der Waals surface area contributed by atoms with E-state index in [9.17, 15) is 0 Å². The Balaban J connectivity index is 1.55. The summed E-state index contributed by atoms with van der Waals surface area (Å²) in [6, 6.07) is 48.6. The molecule has 6 aromatic rings. The highest BCUT2D eigenvalue weighted by molar-refractivity contribution is 7.14. The highest BCUT2D eigenvalue weighted by Crippen LogP contribution is 2.53. The summed E-state index contributed by atoms with van der Waals surface area (Å²) in [7, 11) is -2.93. The Bertz CT molecular complexity index is 2120. The van der Waals surface area contributed by atoms with E-state index in [-0.39, 0.29) is 5.04 Å². The Hall–Kier alpha value is -4.98. The lowest BCUT2D eigenvalue weighted by Crippen LogP contribution is -2.73. The molecule has 0 radical (unpaired) electrons. The van der Waals surface area contributed by atoms with Crippen molar-refractivity contribution in [3.05, 3.63) is 217 Å². The van der Waals surface area contributed by atoms with E-state index in [1.807, 2.05) is 0 Å². The van der Waals surface area contributed by atoms with Crippen LogP contribution >= 0.6 is 0 Å². The number of hydrogen-bond acceptors (Lipinski definition) is 0. The second-order valence-corrected chi connectivity index (χ2v) is 21.1. The third kappa shape index (κ3) is 6.93. The molecule has 0 N–H and O–H groups in total. The Kier molecular flexibility index (Phi) is 10.6. The molecule has 1 aliphatic rings. The summed E-state index contributed by atoms with van der Waals surface area (Å²) in [6.07, 6.45) is 5.50. The third-order valence-electron chi connectivity index (χ3n) is 13.3. The van der Waals surface area contributed by atoms with E-state index in [1.165, 1.54) is 99.0 Å². The largest absolute Gasteiger partial charge is 0.161 e. The first-order valence-electron chi connectivity index (χ1n) is 20.1. The highest BCUT2D eigenvalue weighted by Gasteiger charge is 2.56. The molecule has 0 fully saturated rings. The number of aryl methyl sites for hydroxylation is 6. The van der Waals surface area contributed by atoms with E-state index in [2.05, 4.69) is 203 Å². The van der Waals surface area contributed by atoms with E-state index in [1.54, 1.807) is 0 Å². The summed E-state index contributed by atoms with van der Waals surface area (Å²) in [5.41, 5.74) is 21.1. The molecule has 0 nitrogen and oxygen atoms in total. The van der Waals surface area contributed by atoms with Crippen molar-refractivity contribution in [2.75, 3.05) is 0 Å². The van der Waals surface area contributed by atoms with Gasteiger partial charge in [0.05, 0.1) is 0 Å². The highest BCUT2D eigenvalue weighted by atomic mass is 28.3. The molecule has 1 unspecified atom stereocenters. The van der Waals surface area contributed by atoms with Gasteiger partial charge in [0.25, 0.3) is 0 Å². The Morgan fingerprint density at radius 1 is 0.400 bits per heavy atom. The van der Waals surface area contributed by atoms with Crippen molar-refractivity contribution in [2.45, 2.75) is 93.5 Å². The van der Waals surface area contributed by atoms with Crippen molar-refractivity contribution >= 4 is 23.6 Å².